The predicted molar refractivity (Wildman–Crippen MR) is 103 cm³/mol. The fourth-order valence-corrected chi connectivity index (χ4v) is 3.91. The van der Waals surface area contributed by atoms with Crippen LogP contribution in [0.2, 0.25) is 0 Å². The molecule has 1 atom stereocenters. The van der Waals surface area contributed by atoms with Crippen molar-refractivity contribution in [3.8, 4) is 0 Å². The Morgan fingerprint density at radius 3 is 2.71 bits per heavy atom. The third-order valence-corrected chi connectivity index (χ3v) is 5.77. The molecule has 4 rings (SSSR count). The van der Waals surface area contributed by atoms with Crippen LogP contribution in [0.4, 0.5) is 0 Å². The van der Waals surface area contributed by atoms with Crippen LogP contribution in [0.15, 0.2) is 21.6 Å². The molecule has 28 heavy (non-hydrogen) atoms. The number of ether oxygens (including phenoxy) is 1. The maximum atomic E-state index is 12.3. The molecule has 2 saturated heterocycles. The highest BCUT2D eigenvalue weighted by Gasteiger charge is 2.25. The molecule has 0 aliphatic carbocycles. The molecular formula is C20H29N5O3. The number of likely N-dealkylation sites (tertiary alicyclic amines) is 1. The van der Waals surface area contributed by atoms with Gasteiger partial charge in [0.05, 0.1) is 31.1 Å². The molecular weight excluding hydrogens is 358 g/mol. The van der Waals surface area contributed by atoms with Crippen molar-refractivity contribution in [2.24, 2.45) is 5.92 Å². The second-order valence-electron chi connectivity index (χ2n) is 8.27. The fourth-order valence-electron chi connectivity index (χ4n) is 3.91. The maximum Gasteiger partial charge on any atom is 0.253 e. The van der Waals surface area contributed by atoms with Crippen molar-refractivity contribution in [1.82, 2.24) is 24.6 Å². The summed E-state index contributed by atoms with van der Waals surface area (Å²) in [5, 5.41) is 8.40. The van der Waals surface area contributed by atoms with Gasteiger partial charge in [-0.1, -0.05) is 13.8 Å². The number of hydrogen-bond acceptors (Lipinski definition) is 7. The zero-order valence-electron chi connectivity index (χ0n) is 16.7. The summed E-state index contributed by atoms with van der Waals surface area (Å²) in [5.74, 6) is 2.41. The zero-order chi connectivity index (χ0) is 19.5. The lowest BCUT2D eigenvalue weighted by Gasteiger charge is -2.31. The van der Waals surface area contributed by atoms with E-state index in [2.05, 4.69) is 33.9 Å². The van der Waals surface area contributed by atoms with Gasteiger partial charge < -0.3 is 9.15 Å². The van der Waals surface area contributed by atoms with E-state index < -0.39 is 0 Å². The minimum Gasteiger partial charge on any atom is -0.423 e. The second kappa shape index (κ2) is 8.53. The summed E-state index contributed by atoms with van der Waals surface area (Å²) in [6, 6.07) is 1.67. The van der Waals surface area contributed by atoms with E-state index in [0.29, 0.717) is 30.9 Å². The monoisotopic (exact) mass is 387 g/mol. The second-order valence-corrected chi connectivity index (χ2v) is 8.27. The minimum absolute atomic E-state index is 0.0513. The Balaban J connectivity index is 1.27. The standard InChI is InChI=1S/C20H29N5O3/c1-14(2)17-9-19(26)25(13-21-17)10-15-3-6-24(7-4-15)11-18-22-23-20(28-18)16-5-8-27-12-16/h9,13-16H,3-8,10-12H2,1-2H3. The molecule has 2 aromatic heterocycles. The molecule has 0 radical (unpaired) electrons. The van der Waals surface area contributed by atoms with E-state index in [1.54, 1.807) is 17.0 Å². The Hall–Kier alpha value is -2.06. The molecule has 0 amide bonds. The van der Waals surface area contributed by atoms with Crippen LogP contribution in [-0.4, -0.2) is 51.0 Å². The van der Waals surface area contributed by atoms with E-state index in [-0.39, 0.29) is 17.4 Å². The van der Waals surface area contributed by atoms with Crippen molar-refractivity contribution in [2.75, 3.05) is 26.3 Å². The molecule has 2 aliphatic rings. The Bertz CT molecular complexity index is 832. The number of nitrogens with zero attached hydrogens (tertiary/aromatic N) is 5. The highest BCUT2D eigenvalue weighted by Crippen LogP contribution is 2.25. The quantitative estimate of drug-likeness (QED) is 0.751. The van der Waals surface area contributed by atoms with E-state index in [9.17, 15) is 4.79 Å². The van der Waals surface area contributed by atoms with Gasteiger partial charge in [0, 0.05) is 19.2 Å². The van der Waals surface area contributed by atoms with E-state index in [1.165, 1.54) is 0 Å². The van der Waals surface area contributed by atoms with Gasteiger partial charge >= 0.3 is 0 Å². The third kappa shape index (κ3) is 4.50. The average molecular weight is 387 g/mol. The van der Waals surface area contributed by atoms with Crippen LogP contribution in [-0.2, 0) is 17.8 Å². The first-order valence-corrected chi connectivity index (χ1v) is 10.3. The first-order chi connectivity index (χ1) is 13.6. The molecule has 8 heteroatoms. The largest absolute Gasteiger partial charge is 0.423 e. The first-order valence-electron chi connectivity index (χ1n) is 10.3. The third-order valence-electron chi connectivity index (χ3n) is 5.77. The molecule has 2 aliphatic heterocycles. The molecule has 1 unspecified atom stereocenters. The molecule has 0 aromatic carbocycles. The molecule has 0 bridgehead atoms. The van der Waals surface area contributed by atoms with Gasteiger partial charge in [-0.3, -0.25) is 14.3 Å². The normalized spacial score (nSPS) is 21.6. The lowest BCUT2D eigenvalue weighted by atomic mass is 9.96. The lowest BCUT2D eigenvalue weighted by Crippen LogP contribution is -2.36. The van der Waals surface area contributed by atoms with Gasteiger partial charge in [-0.25, -0.2) is 4.98 Å². The Kier molecular flexibility index (Phi) is 5.87. The van der Waals surface area contributed by atoms with Crippen LogP contribution in [0, 0.1) is 5.92 Å². The summed E-state index contributed by atoms with van der Waals surface area (Å²) in [7, 11) is 0. The zero-order valence-corrected chi connectivity index (χ0v) is 16.7. The first kappa shape index (κ1) is 19.3. The summed E-state index contributed by atoms with van der Waals surface area (Å²) in [6.45, 7) is 8.93. The van der Waals surface area contributed by atoms with Gasteiger partial charge in [0.1, 0.15) is 0 Å². The van der Waals surface area contributed by atoms with Gasteiger partial charge in [-0.15, -0.1) is 10.2 Å². The predicted octanol–water partition coefficient (Wildman–Crippen LogP) is 2.17. The van der Waals surface area contributed by atoms with Crippen LogP contribution in [0.5, 0.6) is 0 Å². The highest BCUT2D eigenvalue weighted by atomic mass is 16.5. The van der Waals surface area contributed by atoms with Gasteiger partial charge in [0.15, 0.2) is 0 Å². The van der Waals surface area contributed by atoms with Crippen LogP contribution >= 0.6 is 0 Å². The van der Waals surface area contributed by atoms with E-state index in [0.717, 1.165) is 51.2 Å². The summed E-state index contributed by atoms with van der Waals surface area (Å²) in [4.78, 5) is 19.1. The van der Waals surface area contributed by atoms with Crippen LogP contribution in [0.3, 0.4) is 0 Å². The van der Waals surface area contributed by atoms with Gasteiger partial charge in [0.25, 0.3) is 5.56 Å². The molecule has 0 spiro atoms. The Morgan fingerprint density at radius 2 is 2.04 bits per heavy atom. The van der Waals surface area contributed by atoms with Crippen molar-refractivity contribution in [3.63, 3.8) is 0 Å². The maximum absolute atomic E-state index is 12.3. The van der Waals surface area contributed by atoms with Gasteiger partial charge in [-0.05, 0) is 44.2 Å². The SMILES string of the molecule is CC(C)c1cc(=O)n(CC2CCN(Cc3nnc(C4CCOC4)o3)CC2)cn1. The average Bonchev–Trinajstić information content (AvgIpc) is 3.36. The van der Waals surface area contributed by atoms with Crippen molar-refractivity contribution in [1.29, 1.82) is 0 Å². The molecule has 152 valence electrons. The number of piperidine rings is 1. The Morgan fingerprint density at radius 1 is 1.21 bits per heavy atom. The summed E-state index contributed by atoms with van der Waals surface area (Å²) in [6.07, 6.45) is 4.77. The molecule has 0 N–H and O–H groups in total. The van der Waals surface area contributed by atoms with Crippen molar-refractivity contribution in [3.05, 3.63) is 40.2 Å². The van der Waals surface area contributed by atoms with Crippen molar-refractivity contribution >= 4 is 0 Å². The van der Waals surface area contributed by atoms with E-state index >= 15 is 0 Å². The van der Waals surface area contributed by atoms with Crippen LogP contribution in [0.1, 0.15) is 62.4 Å². The smallest absolute Gasteiger partial charge is 0.253 e. The van der Waals surface area contributed by atoms with Crippen LogP contribution in [0.25, 0.3) is 0 Å². The summed E-state index contributed by atoms with van der Waals surface area (Å²) in [5.41, 5.74) is 0.912. The molecule has 4 heterocycles. The van der Waals surface area contributed by atoms with Crippen molar-refractivity contribution < 1.29 is 9.15 Å². The molecule has 0 saturated carbocycles. The summed E-state index contributed by atoms with van der Waals surface area (Å²) < 4.78 is 13.0. The van der Waals surface area contributed by atoms with Gasteiger partial charge in [-0.2, -0.15) is 0 Å². The van der Waals surface area contributed by atoms with E-state index in [1.807, 2.05) is 0 Å². The Labute approximate surface area is 164 Å². The number of hydrogen-bond donors (Lipinski definition) is 0. The summed E-state index contributed by atoms with van der Waals surface area (Å²) >= 11 is 0. The van der Waals surface area contributed by atoms with E-state index in [4.69, 9.17) is 9.15 Å². The topological polar surface area (TPSA) is 86.3 Å². The highest BCUT2D eigenvalue weighted by molar-refractivity contribution is 5.04. The molecule has 2 fully saturated rings. The fraction of sp³-hybridized carbons (Fsp3) is 0.700. The molecule has 2 aromatic rings. The minimum atomic E-state index is 0.0513. The number of rotatable bonds is 6. The van der Waals surface area contributed by atoms with Gasteiger partial charge in [0.2, 0.25) is 11.8 Å². The van der Waals surface area contributed by atoms with Crippen LogP contribution < -0.4 is 5.56 Å². The van der Waals surface area contributed by atoms with Crippen molar-refractivity contribution in [2.45, 2.75) is 58.0 Å². The molecule has 8 nitrogen and oxygen atoms in total. The lowest BCUT2D eigenvalue weighted by molar-refractivity contribution is 0.152. The number of aromatic nitrogens is 4.